The normalized spacial score (nSPS) is 24.7. The Morgan fingerprint density at radius 1 is 1.44 bits per heavy atom. The van der Waals surface area contributed by atoms with Gasteiger partial charge in [-0.1, -0.05) is 25.4 Å². The molecule has 2 rings (SSSR count). The fraction of sp³-hybridized carbons (Fsp3) is 0.571. The molecule has 1 aliphatic rings. The third-order valence-corrected chi connectivity index (χ3v) is 4.61. The van der Waals surface area contributed by atoms with Gasteiger partial charge in [-0.25, -0.2) is 0 Å². The van der Waals surface area contributed by atoms with Crippen LogP contribution in [-0.4, -0.2) is 25.2 Å². The minimum atomic E-state index is 0.482. The zero-order valence-corrected chi connectivity index (χ0v) is 14.0. The van der Waals surface area contributed by atoms with Crippen molar-refractivity contribution >= 4 is 39.9 Å². The van der Waals surface area contributed by atoms with Gasteiger partial charge in [0.1, 0.15) is 0 Å². The Morgan fingerprint density at radius 3 is 2.83 bits per heavy atom. The van der Waals surface area contributed by atoms with Crippen LogP contribution >= 0.6 is 34.2 Å². The number of nitrogens with one attached hydrogen (secondary N) is 1. The lowest BCUT2D eigenvalue weighted by atomic mass is 9.99. The summed E-state index contributed by atoms with van der Waals surface area (Å²) in [4.78, 5) is 2.44. The van der Waals surface area contributed by atoms with Crippen LogP contribution in [0.15, 0.2) is 18.2 Å². The van der Waals surface area contributed by atoms with Gasteiger partial charge in [-0.05, 0) is 53.6 Å². The highest BCUT2D eigenvalue weighted by Gasteiger charge is 2.27. The molecule has 0 aliphatic carbocycles. The first-order chi connectivity index (χ1) is 8.49. The van der Waals surface area contributed by atoms with Gasteiger partial charge in [0.15, 0.2) is 0 Å². The summed E-state index contributed by atoms with van der Waals surface area (Å²) >= 11 is 8.70. The van der Waals surface area contributed by atoms with Crippen LogP contribution in [0.1, 0.15) is 20.8 Å². The Morgan fingerprint density at radius 2 is 2.17 bits per heavy atom. The lowest BCUT2D eigenvalue weighted by Crippen LogP contribution is -2.57. The van der Waals surface area contributed by atoms with E-state index in [0.717, 1.165) is 18.1 Å². The van der Waals surface area contributed by atoms with Crippen molar-refractivity contribution in [3.05, 3.63) is 26.8 Å². The number of hydrogen-bond acceptors (Lipinski definition) is 2. The SMILES string of the molecule is CC(C)C1CN(c2cc(I)ccc2Cl)C(C)CN1. The Hall–Kier alpha value is -0.000000000000000132. The number of anilines is 1. The Balaban J connectivity index is 2.26. The van der Waals surface area contributed by atoms with Crippen molar-refractivity contribution in [1.29, 1.82) is 0 Å². The Bertz CT molecular complexity index is 422. The fourth-order valence-corrected chi connectivity index (χ4v) is 3.08. The maximum atomic E-state index is 6.36. The van der Waals surface area contributed by atoms with Crippen LogP contribution in [0, 0.1) is 9.49 Å². The van der Waals surface area contributed by atoms with Crippen LogP contribution < -0.4 is 10.2 Å². The molecule has 1 saturated heterocycles. The number of halogens is 2. The third kappa shape index (κ3) is 3.11. The molecule has 0 saturated carbocycles. The molecule has 2 atom stereocenters. The first-order valence-electron chi connectivity index (χ1n) is 6.44. The summed E-state index contributed by atoms with van der Waals surface area (Å²) < 4.78 is 1.24. The smallest absolute Gasteiger partial charge is 0.0640 e. The van der Waals surface area contributed by atoms with E-state index in [4.69, 9.17) is 11.6 Å². The molecular formula is C14H20ClIN2. The van der Waals surface area contributed by atoms with Gasteiger partial charge in [0.25, 0.3) is 0 Å². The minimum Gasteiger partial charge on any atom is -0.365 e. The topological polar surface area (TPSA) is 15.3 Å². The summed E-state index contributed by atoms with van der Waals surface area (Å²) in [6.07, 6.45) is 0. The molecule has 1 aromatic carbocycles. The molecule has 1 aromatic rings. The van der Waals surface area contributed by atoms with E-state index in [-0.39, 0.29) is 0 Å². The van der Waals surface area contributed by atoms with Crippen molar-refractivity contribution in [3.8, 4) is 0 Å². The molecule has 18 heavy (non-hydrogen) atoms. The molecule has 4 heteroatoms. The summed E-state index contributed by atoms with van der Waals surface area (Å²) in [5, 5.41) is 4.47. The Kier molecular flexibility index (Phi) is 4.78. The molecule has 100 valence electrons. The molecule has 2 nitrogen and oxygen atoms in total. The lowest BCUT2D eigenvalue weighted by Gasteiger charge is -2.42. The molecule has 1 aliphatic heterocycles. The van der Waals surface area contributed by atoms with Gasteiger partial charge < -0.3 is 10.2 Å². The van der Waals surface area contributed by atoms with Crippen LogP contribution in [0.25, 0.3) is 0 Å². The molecule has 2 unspecified atom stereocenters. The van der Waals surface area contributed by atoms with Crippen LogP contribution in [0.5, 0.6) is 0 Å². The zero-order valence-electron chi connectivity index (χ0n) is 11.1. The van der Waals surface area contributed by atoms with E-state index in [1.807, 2.05) is 6.07 Å². The van der Waals surface area contributed by atoms with E-state index in [1.54, 1.807) is 0 Å². The van der Waals surface area contributed by atoms with Gasteiger partial charge in [0.05, 0.1) is 10.7 Å². The number of piperazine rings is 1. The van der Waals surface area contributed by atoms with E-state index in [0.29, 0.717) is 18.0 Å². The van der Waals surface area contributed by atoms with Crippen molar-refractivity contribution < 1.29 is 0 Å². The predicted octanol–water partition coefficient (Wildman–Crippen LogP) is 3.77. The standard InChI is InChI=1S/C14H20ClIN2/c1-9(2)13-8-18(10(3)7-17-13)14-6-11(16)4-5-12(14)15/h4-6,9-10,13,17H,7-8H2,1-3H3. The van der Waals surface area contributed by atoms with Gasteiger partial charge >= 0.3 is 0 Å². The maximum absolute atomic E-state index is 6.36. The molecule has 0 spiro atoms. The lowest BCUT2D eigenvalue weighted by molar-refractivity contribution is 0.337. The second-order valence-corrected chi connectivity index (χ2v) is 7.01. The van der Waals surface area contributed by atoms with Crippen molar-refractivity contribution in [2.24, 2.45) is 5.92 Å². The summed E-state index contributed by atoms with van der Waals surface area (Å²) in [5.41, 5.74) is 1.17. The van der Waals surface area contributed by atoms with Crippen LogP contribution in [-0.2, 0) is 0 Å². The van der Waals surface area contributed by atoms with Crippen LogP contribution in [0.2, 0.25) is 5.02 Å². The van der Waals surface area contributed by atoms with Gasteiger partial charge in [0.2, 0.25) is 0 Å². The summed E-state index contributed by atoms with van der Waals surface area (Å²) in [7, 11) is 0. The number of rotatable bonds is 2. The summed E-state index contributed by atoms with van der Waals surface area (Å²) in [5.74, 6) is 0.640. The maximum Gasteiger partial charge on any atom is 0.0640 e. The highest BCUT2D eigenvalue weighted by Crippen LogP contribution is 2.30. The minimum absolute atomic E-state index is 0.482. The average molecular weight is 379 g/mol. The van der Waals surface area contributed by atoms with E-state index in [9.17, 15) is 0 Å². The molecule has 1 N–H and O–H groups in total. The van der Waals surface area contributed by atoms with Gasteiger partial charge in [-0.3, -0.25) is 0 Å². The fourth-order valence-electron chi connectivity index (χ4n) is 2.38. The van der Waals surface area contributed by atoms with Crippen LogP contribution in [0.4, 0.5) is 5.69 Å². The molecule has 0 amide bonds. The van der Waals surface area contributed by atoms with Gasteiger partial charge in [0, 0.05) is 28.7 Å². The molecule has 0 aromatic heterocycles. The van der Waals surface area contributed by atoms with Crippen molar-refractivity contribution in [3.63, 3.8) is 0 Å². The van der Waals surface area contributed by atoms with E-state index in [1.165, 1.54) is 9.26 Å². The highest BCUT2D eigenvalue weighted by molar-refractivity contribution is 14.1. The van der Waals surface area contributed by atoms with Crippen molar-refractivity contribution in [2.45, 2.75) is 32.9 Å². The quantitative estimate of drug-likeness (QED) is 0.788. The van der Waals surface area contributed by atoms with E-state index < -0.39 is 0 Å². The second kappa shape index (κ2) is 5.97. The monoisotopic (exact) mass is 378 g/mol. The third-order valence-electron chi connectivity index (χ3n) is 3.62. The molecular weight excluding hydrogens is 359 g/mol. The number of hydrogen-bond donors (Lipinski definition) is 1. The highest BCUT2D eigenvalue weighted by atomic mass is 127. The van der Waals surface area contributed by atoms with Crippen LogP contribution in [0.3, 0.4) is 0 Å². The van der Waals surface area contributed by atoms with Crippen molar-refractivity contribution in [1.82, 2.24) is 5.32 Å². The molecule has 0 bridgehead atoms. The predicted molar refractivity (Wildman–Crippen MR) is 87.6 cm³/mol. The Labute approximate surface area is 128 Å². The average Bonchev–Trinajstić information content (AvgIpc) is 2.33. The largest absolute Gasteiger partial charge is 0.365 e. The second-order valence-electron chi connectivity index (χ2n) is 5.36. The van der Waals surface area contributed by atoms with E-state index >= 15 is 0 Å². The summed E-state index contributed by atoms with van der Waals surface area (Å²) in [6, 6.07) is 7.25. The first kappa shape index (κ1) is 14.4. The molecule has 1 fully saturated rings. The van der Waals surface area contributed by atoms with Gasteiger partial charge in [-0.2, -0.15) is 0 Å². The number of benzene rings is 1. The molecule has 0 radical (unpaired) electrons. The van der Waals surface area contributed by atoms with Gasteiger partial charge in [-0.15, -0.1) is 0 Å². The first-order valence-corrected chi connectivity index (χ1v) is 7.89. The van der Waals surface area contributed by atoms with E-state index in [2.05, 4.69) is 65.7 Å². The zero-order chi connectivity index (χ0) is 13.3. The number of nitrogens with zero attached hydrogens (tertiary/aromatic N) is 1. The summed E-state index contributed by atoms with van der Waals surface area (Å²) in [6.45, 7) is 8.83. The van der Waals surface area contributed by atoms with Crippen molar-refractivity contribution in [2.75, 3.05) is 18.0 Å². The molecule has 1 heterocycles.